The number of rotatable bonds is 5. The van der Waals surface area contributed by atoms with Gasteiger partial charge < -0.3 is 0 Å². The van der Waals surface area contributed by atoms with Gasteiger partial charge in [-0.1, -0.05) is 185 Å². The Labute approximate surface area is 254 Å². The lowest BCUT2D eigenvalue weighted by Gasteiger charge is -2.19. The van der Waals surface area contributed by atoms with Crippen LogP contribution in [0.15, 0.2) is 176 Å². The number of fused-ring (bicyclic) bond motifs is 3. The molecule has 0 aliphatic carbocycles. The molecule has 8 aromatic rings. The van der Waals surface area contributed by atoms with Crippen LogP contribution >= 0.6 is 0 Å². The highest BCUT2D eigenvalue weighted by Crippen LogP contribution is 2.43. The van der Waals surface area contributed by atoms with Gasteiger partial charge in [-0.05, 0) is 60.6 Å². The maximum Gasteiger partial charge on any atom is 0.154 e. The Morgan fingerprint density at radius 1 is 0.279 bits per heavy atom. The first kappa shape index (κ1) is 25.5. The summed E-state index contributed by atoms with van der Waals surface area (Å²) in [5, 5.41) is 11.9. The zero-order valence-electron chi connectivity index (χ0n) is 23.7. The van der Waals surface area contributed by atoms with Crippen LogP contribution in [0.5, 0.6) is 0 Å². The normalized spacial score (nSPS) is 11.5. The van der Waals surface area contributed by atoms with Crippen LogP contribution in [0, 0.1) is 0 Å². The minimum absolute atomic E-state index is 1.12. The highest BCUT2D eigenvalue weighted by Gasteiger charge is 2.21. The summed E-state index contributed by atoms with van der Waals surface area (Å²) >= 11 is 0. The van der Waals surface area contributed by atoms with Gasteiger partial charge in [-0.25, -0.2) is 0 Å². The van der Waals surface area contributed by atoms with E-state index < -0.39 is 8.80 Å². The van der Waals surface area contributed by atoms with E-state index in [9.17, 15) is 0 Å². The van der Waals surface area contributed by atoms with E-state index in [-0.39, 0.29) is 0 Å². The van der Waals surface area contributed by atoms with E-state index in [0.29, 0.717) is 0 Å². The molecule has 0 saturated carbocycles. The topological polar surface area (TPSA) is 0 Å². The fraction of sp³-hybridized carbons (Fsp3) is 0. The molecule has 0 heterocycles. The predicted octanol–water partition coefficient (Wildman–Crippen LogP) is 9.00. The molecular formula is C42H29Si. The summed E-state index contributed by atoms with van der Waals surface area (Å²) in [5.74, 6) is 0. The third kappa shape index (κ3) is 4.55. The molecule has 0 saturated heterocycles. The molecule has 43 heavy (non-hydrogen) atoms. The second-order valence-electron chi connectivity index (χ2n) is 11.1. The Hall–Kier alpha value is -5.24. The molecule has 8 aromatic carbocycles. The van der Waals surface area contributed by atoms with Crippen LogP contribution in [-0.2, 0) is 0 Å². The van der Waals surface area contributed by atoms with Gasteiger partial charge in [-0.15, -0.1) is 0 Å². The maximum atomic E-state index is 2.37. The number of benzene rings is 8. The molecule has 8 rings (SSSR count). The van der Waals surface area contributed by atoms with Crippen molar-refractivity contribution in [3.63, 3.8) is 0 Å². The summed E-state index contributed by atoms with van der Waals surface area (Å²) in [4.78, 5) is 0. The number of hydrogen-bond donors (Lipinski definition) is 0. The van der Waals surface area contributed by atoms with Gasteiger partial charge in [0.25, 0.3) is 0 Å². The van der Waals surface area contributed by atoms with Crippen LogP contribution in [-0.4, -0.2) is 8.80 Å². The molecule has 0 N–H and O–H groups in total. The summed E-state index contributed by atoms with van der Waals surface area (Å²) in [6.45, 7) is 0. The monoisotopic (exact) mass is 561 g/mol. The third-order valence-corrected chi connectivity index (χ3v) is 11.3. The van der Waals surface area contributed by atoms with E-state index in [1.807, 2.05) is 0 Å². The Morgan fingerprint density at radius 3 is 1.21 bits per heavy atom. The molecule has 0 unspecified atom stereocenters. The first-order valence-electron chi connectivity index (χ1n) is 14.9. The molecule has 0 aliphatic rings. The molecule has 0 bridgehead atoms. The Morgan fingerprint density at radius 2 is 0.674 bits per heavy atom. The van der Waals surface area contributed by atoms with Gasteiger partial charge in [0.05, 0.1) is 0 Å². The average Bonchev–Trinajstić information content (AvgIpc) is 3.08. The Kier molecular flexibility index (Phi) is 6.44. The van der Waals surface area contributed by atoms with Crippen molar-refractivity contribution in [1.29, 1.82) is 0 Å². The van der Waals surface area contributed by atoms with Crippen LogP contribution in [0.25, 0.3) is 54.6 Å². The standard InChI is InChI=1S/C42H29Si/c1-3-15-34(16-4-1)43(35-17-5-2-6-18-35)36-27-25-31(26-28-36)41-37-19-9-11-21-39(37)42(40-22-12-10-20-38(40)41)33-24-23-30-13-7-8-14-32(30)29-33/h1-29H. The minimum atomic E-state index is -1.12. The highest BCUT2D eigenvalue weighted by molar-refractivity contribution is 6.95. The van der Waals surface area contributed by atoms with Gasteiger partial charge >= 0.3 is 0 Å². The van der Waals surface area contributed by atoms with Crippen LogP contribution in [0.4, 0.5) is 0 Å². The molecular weight excluding hydrogens is 533 g/mol. The predicted molar refractivity (Wildman–Crippen MR) is 187 cm³/mol. The smallest absolute Gasteiger partial charge is 0.0624 e. The van der Waals surface area contributed by atoms with Gasteiger partial charge in [0, 0.05) is 0 Å². The molecule has 0 amide bonds. The summed E-state index contributed by atoms with van der Waals surface area (Å²) in [5.41, 5.74) is 5.11. The van der Waals surface area contributed by atoms with Crippen molar-refractivity contribution < 1.29 is 0 Å². The van der Waals surface area contributed by atoms with Crippen LogP contribution in [0.3, 0.4) is 0 Å². The molecule has 0 fully saturated rings. The first-order chi connectivity index (χ1) is 21.3. The van der Waals surface area contributed by atoms with Gasteiger partial charge in [-0.3, -0.25) is 0 Å². The van der Waals surface area contributed by atoms with Gasteiger partial charge in [-0.2, -0.15) is 0 Å². The average molecular weight is 562 g/mol. The van der Waals surface area contributed by atoms with Crippen LogP contribution < -0.4 is 15.6 Å². The van der Waals surface area contributed by atoms with Crippen molar-refractivity contribution in [2.45, 2.75) is 0 Å². The van der Waals surface area contributed by atoms with E-state index in [0.717, 1.165) is 0 Å². The molecule has 0 spiro atoms. The minimum Gasteiger partial charge on any atom is -0.0624 e. The van der Waals surface area contributed by atoms with E-state index in [1.54, 1.807) is 0 Å². The second-order valence-corrected chi connectivity index (χ2v) is 13.6. The largest absolute Gasteiger partial charge is 0.154 e. The van der Waals surface area contributed by atoms with Gasteiger partial charge in [0.1, 0.15) is 0 Å². The van der Waals surface area contributed by atoms with Crippen molar-refractivity contribution in [1.82, 2.24) is 0 Å². The molecule has 0 atom stereocenters. The van der Waals surface area contributed by atoms with Crippen molar-refractivity contribution >= 4 is 56.7 Å². The Balaban J connectivity index is 1.32. The van der Waals surface area contributed by atoms with Crippen molar-refractivity contribution in [2.75, 3.05) is 0 Å². The van der Waals surface area contributed by atoms with E-state index in [4.69, 9.17) is 0 Å². The molecule has 0 nitrogen and oxygen atoms in total. The van der Waals surface area contributed by atoms with E-state index in [1.165, 1.54) is 70.1 Å². The van der Waals surface area contributed by atoms with E-state index in [2.05, 4.69) is 176 Å². The maximum absolute atomic E-state index is 2.37. The van der Waals surface area contributed by atoms with Crippen LogP contribution in [0.2, 0.25) is 0 Å². The molecule has 0 aliphatic heterocycles. The summed E-state index contributed by atoms with van der Waals surface area (Å²) < 4.78 is 0. The zero-order chi connectivity index (χ0) is 28.6. The van der Waals surface area contributed by atoms with Crippen molar-refractivity contribution in [2.24, 2.45) is 0 Å². The zero-order valence-corrected chi connectivity index (χ0v) is 24.7. The fourth-order valence-electron chi connectivity index (χ4n) is 6.61. The van der Waals surface area contributed by atoms with Crippen molar-refractivity contribution in [3.05, 3.63) is 176 Å². The fourth-order valence-corrected chi connectivity index (χ4v) is 9.16. The lowest BCUT2D eigenvalue weighted by Crippen LogP contribution is -2.51. The summed E-state index contributed by atoms with van der Waals surface area (Å²) in [6, 6.07) is 64.7. The lowest BCUT2D eigenvalue weighted by molar-refractivity contribution is 1.67. The quantitative estimate of drug-likeness (QED) is 0.112. The van der Waals surface area contributed by atoms with E-state index >= 15 is 0 Å². The van der Waals surface area contributed by atoms with Gasteiger partial charge in [0.2, 0.25) is 0 Å². The highest BCUT2D eigenvalue weighted by atomic mass is 28.3. The second kappa shape index (κ2) is 10.9. The molecule has 201 valence electrons. The van der Waals surface area contributed by atoms with Crippen LogP contribution in [0.1, 0.15) is 0 Å². The third-order valence-electron chi connectivity index (χ3n) is 8.56. The van der Waals surface area contributed by atoms with Gasteiger partial charge in [0.15, 0.2) is 8.80 Å². The first-order valence-corrected chi connectivity index (χ1v) is 16.4. The summed E-state index contributed by atoms with van der Waals surface area (Å²) in [6.07, 6.45) is 0. The molecule has 1 radical (unpaired) electrons. The lowest BCUT2D eigenvalue weighted by atomic mass is 9.85. The molecule has 1 heteroatoms. The van der Waals surface area contributed by atoms with Crippen molar-refractivity contribution in [3.8, 4) is 22.3 Å². The number of hydrogen-bond acceptors (Lipinski definition) is 0. The summed E-state index contributed by atoms with van der Waals surface area (Å²) in [7, 11) is -1.12. The SMILES string of the molecule is c1ccc([Si](c2ccccc2)c2ccc(-c3c4ccccc4c(-c4ccc5ccccc5c4)c4ccccc34)cc2)cc1. The molecule has 0 aromatic heterocycles. The Bertz CT molecular complexity index is 2120.